The van der Waals surface area contributed by atoms with E-state index >= 15 is 0 Å². The van der Waals surface area contributed by atoms with Crippen molar-refractivity contribution in [2.45, 2.75) is 46.3 Å². The van der Waals surface area contributed by atoms with Crippen molar-refractivity contribution in [1.82, 2.24) is 10.6 Å². The summed E-state index contributed by atoms with van der Waals surface area (Å²) in [5.74, 6) is -0.436. The summed E-state index contributed by atoms with van der Waals surface area (Å²) in [5, 5.41) is 5.01. The van der Waals surface area contributed by atoms with Gasteiger partial charge in [0.1, 0.15) is 11.6 Å². The van der Waals surface area contributed by atoms with Gasteiger partial charge in [0, 0.05) is 6.54 Å². The molecule has 5 heteroatoms. The van der Waals surface area contributed by atoms with Crippen LogP contribution < -0.4 is 10.6 Å². The van der Waals surface area contributed by atoms with Gasteiger partial charge in [0.25, 0.3) is 0 Å². The topological polar surface area (TPSA) is 67.4 Å². The largest absolute Gasteiger partial charge is 0.458 e. The molecule has 2 amide bonds. The van der Waals surface area contributed by atoms with Gasteiger partial charge >= 0.3 is 12.0 Å². The molecule has 1 atom stereocenters. The molecule has 0 radical (unpaired) electrons. The molecule has 0 aromatic carbocycles. The maximum atomic E-state index is 11.4. The Labute approximate surface area is 90.6 Å². The lowest BCUT2D eigenvalue weighted by Crippen LogP contribution is -2.46. The molecule has 0 saturated carbocycles. The Morgan fingerprint density at radius 1 is 1.33 bits per heavy atom. The van der Waals surface area contributed by atoms with Crippen LogP contribution in [-0.4, -0.2) is 30.2 Å². The van der Waals surface area contributed by atoms with Crippen molar-refractivity contribution in [3.63, 3.8) is 0 Å². The van der Waals surface area contributed by atoms with Crippen LogP contribution in [0.3, 0.4) is 0 Å². The number of esters is 1. The molecular formula is C10H20N2O3. The molecule has 15 heavy (non-hydrogen) atoms. The third-order valence-corrected chi connectivity index (χ3v) is 1.45. The molecule has 88 valence electrons. The minimum Gasteiger partial charge on any atom is -0.458 e. The van der Waals surface area contributed by atoms with E-state index in [4.69, 9.17) is 4.74 Å². The number of urea groups is 1. The normalized spacial score (nSPS) is 12.9. The smallest absolute Gasteiger partial charge is 0.328 e. The fraction of sp³-hybridized carbons (Fsp3) is 0.800. The standard InChI is InChI=1S/C10H20N2O3/c1-6-11-9(14)12-7(2)8(13)15-10(3,4)5/h7H,6H2,1-5H3,(H2,11,12,14)/t7-/m1/s1. The molecule has 0 aliphatic carbocycles. The lowest BCUT2D eigenvalue weighted by Gasteiger charge is -2.22. The first-order chi connectivity index (χ1) is 6.76. The van der Waals surface area contributed by atoms with Crippen molar-refractivity contribution < 1.29 is 14.3 Å². The number of carbonyl (C=O) groups excluding carboxylic acids is 2. The quantitative estimate of drug-likeness (QED) is 0.692. The summed E-state index contributed by atoms with van der Waals surface area (Å²) < 4.78 is 5.10. The maximum Gasteiger partial charge on any atom is 0.328 e. The van der Waals surface area contributed by atoms with E-state index in [0.717, 1.165) is 0 Å². The van der Waals surface area contributed by atoms with Crippen molar-refractivity contribution in [1.29, 1.82) is 0 Å². The predicted molar refractivity (Wildman–Crippen MR) is 57.5 cm³/mol. The molecule has 0 heterocycles. The summed E-state index contributed by atoms with van der Waals surface area (Å²) in [4.78, 5) is 22.5. The zero-order valence-electron chi connectivity index (χ0n) is 10.0. The zero-order chi connectivity index (χ0) is 12.1. The summed E-state index contributed by atoms with van der Waals surface area (Å²) in [7, 11) is 0. The van der Waals surface area contributed by atoms with E-state index in [9.17, 15) is 9.59 Å². The van der Waals surface area contributed by atoms with Crippen LogP contribution in [-0.2, 0) is 9.53 Å². The van der Waals surface area contributed by atoms with Crippen LogP contribution in [0.15, 0.2) is 0 Å². The summed E-state index contributed by atoms with van der Waals surface area (Å²) >= 11 is 0. The summed E-state index contributed by atoms with van der Waals surface area (Å²) in [5.41, 5.74) is -0.533. The zero-order valence-corrected chi connectivity index (χ0v) is 10.0. The number of hydrogen-bond acceptors (Lipinski definition) is 3. The van der Waals surface area contributed by atoms with Gasteiger partial charge in [-0.15, -0.1) is 0 Å². The Kier molecular flexibility index (Phi) is 5.11. The maximum absolute atomic E-state index is 11.4. The number of hydrogen-bond donors (Lipinski definition) is 2. The summed E-state index contributed by atoms with van der Waals surface area (Å²) in [6, 6.07) is -1.01. The molecule has 2 N–H and O–H groups in total. The molecule has 5 nitrogen and oxygen atoms in total. The van der Waals surface area contributed by atoms with E-state index < -0.39 is 17.6 Å². The van der Waals surface area contributed by atoms with E-state index in [1.54, 1.807) is 34.6 Å². The second kappa shape index (κ2) is 5.58. The second-order valence-corrected chi connectivity index (χ2v) is 4.26. The van der Waals surface area contributed by atoms with Crippen molar-refractivity contribution in [2.24, 2.45) is 0 Å². The highest BCUT2D eigenvalue weighted by atomic mass is 16.6. The van der Waals surface area contributed by atoms with E-state index in [-0.39, 0.29) is 6.03 Å². The Bertz CT molecular complexity index is 233. The highest BCUT2D eigenvalue weighted by Crippen LogP contribution is 2.08. The van der Waals surface area contributed by atoms with Crippen LogP contribution >= 0.6 is 0 Å². The van der Waals surface area contributed by atoms with Crippen molar-refractivity contribution in [2.75, 3.05) is 6.54 Å². The Morgan fingerprint density at radius 3 is 2.27 bits per heavy atom. The minimum absolute atomic E-state index is 0.365. The highest BCUT2D eigenvalue weighted by Gasteiger charge is 2.22. The molecule has 0 aliphatic heterocycles. The molecule has 0 aromatic rings. The Balaban J connectivity index is 4.05. The Hall–Kier alpha value is -1.26. The first-order valence-corrected chi connectivity index (χ1v) is 5.03. The van der Waals surface area contributed by atoms with Crippen LogP contribution in [0.4, 0.5) is 4.79 Å². The van der Waals surface area contributed by atoms with Gasteiger partial charge in [-0.1, -0.05) is 0 Å². The molecule has 0 spiro atoms. The number of nitrogens with one attached hydrogen (secondary N) is 2. The SMILES string of the molecule is CCNC(=O)N[C@H](C)C(=O)OC(C)(C)C. The molecule has 0 aliphatic rings. The first-order valence-electron chi connectivity index (χ1n) is 5.03. The van der Waals surface area contributed by atoms with Gasteiger partial charge in [0.15, 0.2) is 0 Å². The van der Waals surface area contributed by atoms with Crippen LogP contribution in [0, 0.1) is 0 Å². The Morgan fingerprint density at radius 2 is 1.87 bits per heavy atom. The van der Waals surface area contributed by atoms with Crippen LogP contribution in [0.25, 0.3) is 0 Å². The first kappa shape index (κ1) is 13.7. The lowest BCUT2D eigenvalue weighted by molar-refractivity contribution is -0.156. The van der Waals surface area contributed by atoms with Crippen molar-refractivity contribution in [3.8, 4) is 0 Å². The van der Waals surface area contributed by atoms with Gasteiger partial charge in [0.2, 0.25) is 0 Å². The van der Waals surface area contributed by atoms with Gasteiger partial charge in [-0.2, -0.15) is 0 Å². The molecule has 0 saturated heterocycles. The van der Waals surface area contributed by atoms with Crippen LogP contribution in [0.5, 0.6) is 0 Å². The number of rotatable bonds is 3. The number of amides is 2. The van der Waals surface area contributed by atoms with E-state index in [1.807, 2.05) is 0 Å². The van der Waals surface area contributed by atoms with E-state index in [1.165, 1.54) is 0 Å². The van der Waals surface area contributed by atoms with Crippen LogP contribution in [0.1, 0.15) is 34.6 Å². The highest BCUT2D eigenvalue weighted by molar-refractivity contribution is 5.83. The second-order valence-electron chi connectivity index (χ2n) is 4.26. The third kappa shape index (κ3) is 6.76. The molecule has 0 fully saturated rings. The average Bonchev–Trinajstić information content (AvgIpc) is 2.00. The molecule has 0 bridgehead atoms. The van der Waals surface area contributed by atoms with Gasteiger partial charge in [0.05, 0.1) is 0 Å². The van der Waals surface area contributed by atoms with Gasteiger partial charge in [-0.25, -0.2) is 9.59 Å². The van der Waals surface area contributed by atoms with E-state index in [0.29, 0.717) is 6.54 Å². The number of carbonyl (C=O) groups is 2. The monoisotopic (exact) mass is 216 g/mol. The van der Waals surface area contributed by atoms with Gasteiger partial charge < -0.3 is 15.4 Å². The predicted octanol–water partition coefficient (Wildman–Crippen LogP) is 1.04. The minimum atomic E-state index is -0.643. The fourth-order valence-corrected chi connectivity index (χ4v) is 0.857. The van der Waals surface area contributed by atoms with Gasteiger partial charge in [-0.05, 0) is 34.6 Å². The molecule has 0 unspecified atom stereocenters. The lowest BCUT2D eigenvalue weighted by atomic mass is 10.2. The van der Waals surface area contributed by atoms with E-state index in [2.05, 4.69) is 10.6 Å². The summed E-state index contributed by atoms with van der Waals surface area (Å²) in [6.07, 6.45) is 0. The molecule has 0 rings (SSSR count). The average molecular weight is 216 g/mol. The van der Waals surface area contributed by atoms with Crippen molar-refractivity contribution >= 4 is 12.0 Å². The summed E-state index contributed by atoms with van der Waals surface area (Å²) in [6.45, 7) is 9.26. The third-order valence-electron chi connectivity index (χ3n) is 1.45. The van der Waals surface area contributed by atoms with Crippen molar-refractivity contribution in [3.05, 3.63) is 0 Å². The molecular weight excluding hydrogens is 196 g/mol. The molecule has 0 aromatic heterocycles. The van der Waals surface area contributed by atoms with Crippen LogP contribution in [0.2, 0.25) is 0 Å². The number of ether oxygens (including phenoxy) is 1. The fourth-order valence-electron chi connectivity index (χ4n) is 0.857. The van der Waals surface area contributed by atoms with Gasteiger partial charge in [-0.3, -0.25) is 0 Å².